The summed E-state index contributed by atoms with van der Waals surface area (Å²) in [6, 6.07) is 10.1. The van der Waals surface area contributed by atoms with Gasteiger partial charge in [0, 0.05) is 35.9 Å². The number of nitriles is 1. The molecule has 1 aromatic carbocycles. The van der Waals surface area contributed by atoms with Crippen molar-refractivity contribution >= 4 is 10.9 Å². The average Bonchev–Trinajstić information content (AvgIpc) is 3.04. The number of nitrogens with one attached hydrogen (secondary N) is 2. The predicted molar refractivity (Wildman–Crippen MR) is 105 cm³/mol. The topological polar surface area (TPSA) is 73.6 Å². The zero-order chi connectivity index (χ0) is 18.7. The van der Waals surface area contributed by atoms with Gasteiger partial charge >= 0.3 is 0 Å². The average molecular weight is 346 g/mol. The van der Waals surface area contributed by atoms with Gasteiger partial charge in [0.1, 0.15) is 5.52 Å². The molecule has 0 bridgehead atoms. The minimum atomic E-state index is -0.0396. The van der Waals surface area contributed by atoms with Gasteiger partial charge in [-0.15, -0.1) is 0 Å². The lowest BCUT2D eigenvalue weighted by Gasteiger charge is -2.11. The summed E-state index contributed by atoms with van der Waals surface area (Å²) in [7, 11) is 1.86. The molecular weight excluding hydrogens is 324 g/mol. The molecule has 0 radical (unpaired) electrons. The van der Waals surface area contributed by atoms with Crippen LogP contribution in [0.3, 0.4) is 0 Å². The fourth-order valence-corrected chi connectivity index (χ4v) is 3.18. The van der Waals surface area contributed by atoms with Crippen molar-refractivity contribution in [1.29, 1.82) is 5.26 Å². The first-order valence-corrected chi connectivity index (χ1v) is 8.61. The van der Waals surface area contributed by atoms with E-state index in [0.29, 0.717) is 24.2 Å². The zero-order valence-electron chi connectivity index (χ0n) is 15.3. The molecule has 3 aromatic rings. The first kappa shape index (κ1) is 17.7. The van der Waals surface area contributed by atoms with E-state index in [2.05, 4.69) is 16.4 Å². The Bertz CT molecular complexity index is 1080. The van der Waals surface area contributed by atoms with Crippen molar-refractivity contribution in [2.45, 2.75) is 26.9 Å². The van der Waals surface area contributed by atoms with Gasteiger partial charge in [0.25, 0.3) is 5.56 Å². The van der Waals surface area contributed by atoms with Crippen LogP contribution in [0, 0.1) is 18.3 Å². The summed E-state index contributed by atoms with van der Waals surface area (Å²) in [6.07, 6.45) is 5.76. The third kappa shape index (κ3) is 3.19. The molecule has 0 saturated heterocycles. The lowest BCUT2D eigenvalue weighted by Crippen LogP contribution is -2.19. The molecule has 0 fully saturated rings. The first-order chi connectivity index (χ1) is 12.6. The lowest BCUT2D eigenvalue weighted by molar-refractivity contribution is 0.787. The number of allylic oxidation sites excluding steroid dienone is 2. The fraction of sp³-hybridized carbons (Fsp3) is 0.238. The van der Waals surface area contributed by atoms with Crippen molar-refractivity contribution in [1.82, 2.24) is 14.9 Å². The van der Waals surface area contributed by atoms with Crippen LogP contribution in [0.15, 0.2) is 47.4 Å². The van der Waals surface area contributed by atoms with Crippen LogP contribution in [-0.2, 0) is 13.1 Å². The van der Waals surface area contributed by atoms with E-state index in [1.807, 2.05) is 63.5 Å². The summed E-state index contributed by atoms with van der Waals surface area (Å²) < 4.78 is 1.70. The number of benzene rings is 1. The van der Waals surface area contributed by atoms with Crippen LogP contribution in [0.5, 0.6) is 0 Å². The van der Waals surface area contributed by atoms with E-state index < -0.39 is 0 Å². The summed E-state index contributed by atoms with van der Waals surface area (Å²) in [5.41, 5.74) is 4.98. The standard InChI is InChI=1S/C21H22N4O/c1-4-5-8-25-13-19(18-9-14(2)24-20(18)21(25)26)15-6-7-16(12-23-3)17(10-15)11-22/h4-7,9-10,13,23-24H,8,12H2,1-3H3/b5-4+. The maximum Gasteiger partial charge on any atom is 0.275 e. The summed E-state index contributed by atoms with van der Waals surface area (Å²) in [5, 5.41) is 13.5. The molecule has 0 atom stereocenters. The Labute approximate surface area is 152 Å². The maximum absolute atomic E-state index is 12.7. The van der Waals surface area contributed by atoms with E-state index >= 15 is 0 Å². The molecule has 2 N–H and O–H groups in total. The molecule has 0 unspecified atom stereocenters. The third-order valence-corrected chi connectivity index (χ3v) is 4.45. The minimum absolute atomic E-state index is 0.0396. The van der Waals surface area contributed by atoms with E-state index in [9.17, 15) is 10.1 Å². The highest BCUT2D eigenvalue weighted by atomic mass is 16.1. The SMILES string of the molecule is C/C=C/Cn1cc(-c2ccc(CNC)c(C#N)c2)c2cc(C)[nH]c2c1=O. The van der Waals surface area contributed by atoms with E-state index in [1.165, 1.54) is 0 Å². The van der Waals surface area contributed by atoms with Crippen LogP contribution in [-0.4, -0.2) is 16.6 Å². The Morgan fingerprint density at radius 3 is 2.85 bits per heavy atom. The Hall–Kier alpha value is -3.10. The van der Waals surface area contributed by atoms with Crippen LogP contribution in [0.1, 0.15) is 23.7 Å². The molecule has 132 valence electrons. The smallest absolute Gasteiger partial charge is 0.275 e. The maximum atomic E-state index is 12.7. The van der Waals surface area contributed by atoms with Gasteiger partial charge in [0.2, 0.25) is 0 Å². The van der Waals surface area contributed by atoms with Gasteiger partial charge in [-0.1, -0.05) is 24.3 Å². The van der Waals surface area contributed by atoms with Gasteiger partial charge in [-0.25, -0.2) is 0 Å². The number of H-pyrrole nitrogens is 1. The van der Waals surface area contributed by atoms with Crippen molar-refractivity contribution in [2.75, 3.05) is 7.05 Å². The Morgan fingerprint density at radius 2 is 2.15 bits per heavy atom. The number of hydrogen-bond donors (Lipinski definition) is 2. The molecule has 0 aliphatic heterocycles. The highest BCUT2D eigenvalue weighted by Crippen LogP contribution is 2.29. The van der Waals surface area contributed by atoms with Gasteiger partial charge in [0.15, 0.2) is 0 Å². The molecular formula is C21H22N4O. The van der Waals surface area contributed by atoms with E-state index in [0.717, 1.165) is 27.8 Å². The fourth-order valence-electron chi connectivity index (χ4n) is 3.18. The number of aromatic amines is 1. The van der Waals surface area contributed by atoms with Crippen molar-refractivity contribution in [3.63, 3.8) is 0 Å². The molecule has 0 aliphatic carbocycles. The Morgan fingerprint density at radius 1 is 1.35 bits per heavy atom. The van der Waals surface area contributed by atoms with Crippen molar-refractivity contribution in [3.05, 3.63) is 69.8 Å². The molecule has 0 aliphatic rings. The van der Waals surface area contributed by atoms with Crippen molar-refractivity contribution in [3.8, 4) is 17.2 Å². The van der Waals surface area contributed by atoms with Crippen LogP contribution in [0.2, 0.25) is 0 Å². The Balaban J connectivity index is 2.25. The normalized spacial score (nSPS) is 11.3. The summed E-state index contributed by atoms with van der Waals surface area (Å²) in [4.78, 5) is 15.9. The van der Waals surface area contributed by atoms with E-state index in [-0.39, 0.29) is 5.56 Å². The van der Waals surface area contributed by atoms with E-state index in [4.69, 9.17) is 0 Å². The zero-order valence-corrected chi connectivity index (χ0v) is 15.3. The summed E-state index contributed by atoms with van der Waals surface area (Å²) in [5.74, 6) is 0. The van der Waals surface area contributed by atoms with Crippen LogP contribution < -0.4 is 10.9 Å². The predicted octanol–water partition coefficient (Wildman–Crippen LogP) is 3.47. The number of fused-ring (bicyclic) bond motifs is 1. The van der Waals surface area contributed by atoms with Gasteiger partial charge in [0.05, 0.1) is 11.6 Å². The van der Waals surface area contributed by atoms with Crippen LogP contribution >= 0.6 is 0 Å². The van der Waals surface area contributed by atoms with Gasteiger partial charge in [-0.3, -0.25) is 4.79 Å². The second-order valence-corrected chi connectivity index (χ2v) is 6.32. The second kappa shape index (κ2) is 7.42. The summed E-state index contributed by atoms with van der Waals surface area (Å²) in [6.45, 7) is 5.03. The van der Waals surface area contributed by atoms with Gasteiger partial charge in [-0.05, 0) is 44.2 Å². The number of aromatic nitrogens is 2. The molecule has 3 rings (SSSR count). The summed E-state index contributed by atoms with van der Waals surface area (Å²) >= 11 is 0. The van der Waals surface area contributed by atoms with E-state index in [1.54, 1.807) is 4.57 Å². The highest BCUT2D eigenvalue weighted by Gasteiger charge is 2.14. The third-order valence-electron chi connectivity index (χ3n) is 4.45. The number of nitrogens with zero attached hydrogens (tertiary/aromatic N) is 2. The van der Waals surface area contributed by atoms with Gasteiger partial charge < -0.3 is 14.9 Å². The highest BCUT2D eigenvalue weighted by molar-refractivity contribution is 5.95. The second-order valence-electron chi connectivity index (χ2n) is 6.32. The lowest BCUT2D eigenvalue weighted by atomic mass is 9.98. The quantitative estimate of drug-likeness (QED) is 0.695. The monoisotopic (exact) mass is 346 g/mol. The largest absolute Gasteiger partial charge is 0.354 e. The van der Waals surface area contributed by atoms with Gasteiger partial charge in [-0.2, -0.15) is 5.26 Å². The first-order valence-electron chi connectivity index (χ1n) is 8.61. The molecule has 2 heterocycles. The number of pyridine rings is 1. The van der Waals surface area contributed by atoms with Crippen LogP contribution in [0.25, 0.3) is 22.0 Å². The Kier molecular flexibility index (Phi) is 5.06. The molecule has 0 saturated carbocycles. The number of aryl methyl sites for hydroxylation is 1. The molecule has 5 heteroatoms. The molecule has 0 spiro atoms. The van der Waals surface area contributed by atoms with Crippen LogP contribution in [0.4, 0.5) is 0 Å². The van der Waals surface area contributed by atoms with Crippen molar-refractivity contribution < 1.29 is 0 Å². The molecule has 5 nitrogen and oxygen atoms in total. The minimum Gasteiger partial charge on any atom is -0.354 e. The van der Waals surface area contributed by atoms with Crippen molar-refractivity contribution in [2.24, 2.45) is 0 Å². The number of rotatable bonds is 5. The molecule has 0 amide bonds. The molecule has 26 heavy (non-hydrogen) atoms. The number of hydrogen-bond acceptors (Lipinski definition) is 3. The molecule has 2 aromatic heterocycles.